The summed E-state index contributed by atoms with van der Waals surface area (Å²) in [7, 11) is 2.02. The van der Waals surface area contributed by atoms with Crippen molar-refractivity contribution < 1.29 is 0 Å². The van der Waals surface area contributed by atoms with E-state index >= 15 is 0 Å². The van der Waals surface area contributed by atoms with Crippen LogP contribution in [0, 0.1) is 5.41 Å². The summed E-state index contributed by atoms with van der Waals surface area (Å²) in [5, 5.41) is 10.3. The summed E-state index contributed by atoms with van der Waals surface area (Å²) >= 11 is 1.78. The molecule has 4 heterocycles. The summed E-state index contributed by atoms with van der Waals surface area (Å²) in [4.78, 5) is 3.89. The molecule has 120 valence electrons. The van der Waals surface area contributed by atoms with E-state index in [0.717, 1.165) is 12.2 Å². The van der Waals surface area contributed by atoms with Crippen molar-refractivity contribution in [2.75, 3.05) is 26.2 Å². The zero-order valence-corrected chi connectivity index (χ0v) is 14.6. The lowest BCUT2D eigenvalue weighted by Crippen LogP contribution is -2.28. The van der Waals surface area contributed by atoms with Gasteiger partial charge in [0.2, 0.25) is 0 Å². The third kappa shape index (κ3) is 2.95. The quantitative estimate of drug-likeness (QED) is 0.934. The van der Waals surface area contributed by atoms with Crippen LogP contribution in [-0.4, -0.2) is 40.9 Å². The molecule has 4 rings (SSSR count). The molecule has 22 heavy (non-hydrogen) atoms. The van der Waals surface area contributed by atoms with Gasteiger partial charge in [-0.25, -0.2) is 0 Å². The number of nitrogens with one attached hydrogen (secondary N) is 1. The number of likely N-dealkylation sites (tertiary alicyclic amines) is 1. The third-order valence-corrected chi connectivity index (χ3v) is 5.78. The van der Waals surface area contributed by atoms with Crippen molar-refractivity contribution in [3.05, 3.63) is 29.3 Å². The van der Waals surface area contributed by atoms with Gasteiger partial charge in [0.25, 0.3) is 0 Å². The van der Waals surface area contributed by atoms with E-state index in [4.69, 9.17) is 0 Å². The zero-order chi connectivity index (χ0) is 14.3. The summed E-state index contributed by atoms with van der Waals surface area (Å²) in [6.07, 6.45) is 4.87. The fourth-order valence-corrected chi connectivity index (χ4v) is 4.57. The minimum Gasteiger partial charge on any atom is -0.316 e. The van der Waals surface area contributed by atoms with Crippen LogP contribution in [0.4, 0.5) is 0 Å². The highest BCUT2D eigenvalue weighted by atomic mass is 35.5. The van der Waals surface area contributed by atoms with Gasteiger partial charge >= 0.3 is 0 Å². The lowest BCUT2D eigenvalue weighted by molar-refractivity contribution is 0.269. The lowest BCUT2D eigenvalue weighted by atomic mass is 9.86. The van der Waals surface area contributed by atoms with Crippen LogP contribution >= 0.6 is 23.7 Å². The first-order valence-corrected chi connectivity index (χ1v) is 8.62. The molecule has 1 atom stereocenters. The Balaban J connectivity index is 0.00000144. The van der Waals surface area contributed by atoms with Gasteiger partial charge in [-0.3, -0.25) is 9.58 Å². The van der Waals surface area contributed by atoms with Crippen LogP contribution < -0.4 is 5.32 Å². The van der Waals surface area contributed by atoms with Gasteiger partial charge in [0.15, 0.2) is 0 Å². The predicted molar refractivity (Wildman–Crippen MR) is 93.6 cm³/mol. The highest BCUT2D eigenvalue weighted by Gasteiger charge is 2.40. The van der Waals surface area contributed by atoms with Crippen molar-refractivity contribution in [1.29, 1.82) is 0 Å². The third-order valence-electron chi connectivity index (χ3n) is 4.90. The van der Waals surface area contributed by atoms with Crippen molar-refractivity contribution in [2.45, 2.75) is 19.4 Å². The summed E-state index contributed by atoms with van der Waals surface area (Å²) in [6.45, 7) is 5.89. The molecule has 0 aromatic carbocycles. The molecule has 2 aromatic rings. The molecule has 4 nitrogen and oxygen atoms in total. The molecule has 2 aliphatic rings. The van der Waals surface area contributed by atoms with Crippen LogP contribution in [0.5, 0.6) is 0 Å². The highest BCUT2D eigenvalue weighted by molar-refractivity contribution is 7.13. The smallest absolute Gasteiger partial charge is 0.107 e. The van der Waals surface area contributed by atoms with Gasteiger partial charge < -0.3 is 5.32 Å². The van der Waals surface area contributed by atoms with Crippen LogP contribution in [0.3, 0.4) is 0 Å². The number of rotatable bonds is 3. The number of hydrogen-bond acceptors (Lipinski definition) is 4. The second kappa shape index (κ2) is 6.32. The van der Waals surface area contributed by atoms with Crippen LogP contribution in [0.2, 0.25) is 0 Å². The van der Waals surface area contributed by atoms with Crippen molar-refractivity contribution in [3.8, 4) is 10.6 Å². The Hall–Kier alpha value is -0.880. The maximum atomic E-state index is 4.67. The van der Waals surface area contributed by atoms with Gasteiger partial charge in [0.1, 0.15) is 5.69 Å². The van der Waals surface area contributed by atoms with Crippen molar-refractivity contribution in [1.82, 2.24) is 20.0 Å². The molecule has 2 aliphatic heterocycles. The van der Waals surface area contributed by atoms with E-state index in [1.807, 2.05) is 11.7 Å². The Morgan fingerprint density at radius 1 is 1.41 bits per heavy atom. The molecule has 1 unspecified atom stereocenters. The first kappa shape index (κ1) is 16.0. The molecule has 0 bridgehead atoms. The number of nitrogens with zero attached hydrogens (tertiary/aromatic N) is 3. The van der Waals surface area contributed by atoms with E-state index in [-0.39, 0.29) is 12.4 Å². The Kier molecular flexibility index (Phi) is 4.59. The van der Waals surface area contributed by atoms with Crippen LogP contribution in [0.25, 0.3) is 10.6 Å². The molecular weight excluding hydrogens is 316 g/mol. The van der Waals surface area contributed by atoms with Gasteiger partial charge in [-0.2, -0.15) is 5.10 Å². The maximum absolute atomic E-state index is 4.67. The van der Waals surface area contributed by atoms with Crippen molar-refractivity contribution >= 4 is 23.7 Å². The summed E-state index contributed by atoms with van der Waals surface area (Å²) in [6, 6.07) is 4.27. The average molecular weight is 339 g/mol. The number of halogens is 1. The molecular formula is C16H23ClN4S. The standard InChI is InChI=1S/C16H22N4S.ClH/c1-19-9-13(15(18-19)14-3-2-8-21-14)10-20-7-5-16(12-20)4-6-17-11-16;/h2-3,8-9,17H,4-7,10-12H2,1H3;1H. The molecule has 0 amide bonds. The molecule has 2 saturated heterocycles. The molecule has 0 saturated carbocycles. The fourth-order valence-electron chi connectivity index (χ4n) is 3.82. The van der Waals surface area contributed by atoms with E-state index in [2.05, 4.69) is 39.0 Å². The van der Waals surface area contributed by atoms with E-state index in [1.165, 1.54) is 49.5 Å². The second-order valence-electron chi connectivity index (χ2n) is 6.54. The van der Waals surface area contributed by atoms with Crippen molar-refractivity contribution in [2.24, 2.45) is 12.5 Å². The van der Waals surface area contributed by atoms with E-state index in [9.17, 15) is 0 Å². The van der Waals surface area contributed by atoms with E-state index in [0.29, 0.717) is 5.41 Å². The first-order chi connectivity index (χ1) is 10.2. The monoisotopic (exact) mass is 338 g/mol. The highest BCUT2D eigenvalue weighted by Crippen LogP contribution is 2.37. The topological polar surface area (TPSA) is 33.1 Å². The zero-order valence-electron chi connectivity index (χ0n) is 12.9. The molecule has 0 aliphatic carbocycles. The average Bonchev–Trinajstić information content (AvgIpc) is 3.21. The van der Waals surface area contributed by atoms with Crippen LogP contribution in [0.1, 0.15) is 18.4 Å². The molecule has 2 fully saturated rings. The fraction of sp³-hybridized carbons (Fsp3) is 0.562. The van der Waals surface area contributed by atoms with Gasteiger partial charge in [-0.1, -0.05) is 6.07 Å². The Bertz CT molecular complexity index is 616. The normalized spacial score (nSPS) is 25.0. The van der Waals surface area contributed by atoms with E-state index < -0.39 is 0 Å². The number of aromatic nitrogens is 2. The SMILES string of the molecule is Cl.Cn1cc(CN2CCC3(CCNC3)C2)c(-c2cccs2)n1. The van der Waals surface area contributed by atoms with Gasteiger partial charge in [-0.05, 0) is 42.8 Å². The summed E-state index contributed by atoms with van der Waals surface area (Å²) in [5.41, 5.74) is 3.08. The minimum absolute atomic E-state index is 0. The van der Waals surface area contributed by atoms with Gasteiger partial charge in [-0.15, -0.1) is 23.7 Å². The van der Waals surface area contributed by atoms with Crippen LogP contribution in [-0.2, 0) is 13.6 Å². The number of thiophene rings is 1. The minimum atomic E-state index is 0. The Labute approximate surface area is 141 Å². The van der Waals surface area contributed by atoms with Gasteiger partial charge in [0.05, 0.1) is 4.88 Å². The maximum Gasteiger partial charge on any atom is 0.107 e. The molecule has 0 radical (unpaired) electrons. The van der Waals surface area contributed by atoms with Gasteiger partial charge in [0, 0.05) is 38.4 Å². The number of aryl methyl sites for hydroxylation is 1. The largest absolute Gasteiger partial charge is 0.316 e. The Morgan fingerprint density at radius 3 is 3.05 bits per heavy atom. The van der Waals surface area contributed by atoms with E-state index in [1.54, 1.807) is 11.3 Å². The molecule has 1 spiro atoms. The second-order valence-corrected chi connectivity index (χ2v) is 7.49. The summed E-state index contributed by atoms with van der Waals surface area (Å²) in [5.74, 6) is 0. The molecule has 6 heteroatoms. The Morgan fingerprint density at radius 2 is 2.32 bits per heavy atom. The first-order valence-electron chi connectivity index (χ1n) is 7.74. The number of hydrogen-bond donors (Lipinski definition) is 1. The lowest BCUT2D eigenvalue weighted by Gasteiger charge is -2.22. The van der Waals surface area contributed by atoms with Crippen molar-refractivity contribution in [3.63, 3.8) is 0 Å². The molecule has 2 aromatic heterocycles. The van der Waals surface area contributed by atoms with Crippen LogP contribution in [0.15, 0.2) is 23.7 Å². The molecule has 1 N–H and O–H groups in total. The summed E-state index contributed by atoms with van der Waals surface area (Å²) < 4.78 is 1.95. The predicted octanol–water partition coefficient (Wildman–Crippen LogP) is 2.76.